The van der Waals surface area contributed by atoms with Crippen molar-refractivity contribution in [1.82, 2.24) is 10.9 Å². The highest BCUT2D eigenvalue weighted by molar-refractivity contribution is 8.14. The van der Waals surface area contributed by atoms with Crippen LogP contribution in [0.25, 0.3) is 0 Å². The molecule has 0 aromatic heterocycles. The average Bonchev–Trinajstić information content (AvgIpc) is 3.19. The molecule has 4 rings (SSSR count). The van der Waals surface area contributed by atoms with Crippen LogP contribution >= 0.6 is 35.0 Å². The van der Waals surface area contributed by atoms with Gasteiger partial charge in [0.15, 0.2) is 5.17 Å². The summed E-state index contributed by atoms with van der Waals surface area (Å²) in [4.78, 5) is 31.9. The zero-order chi connectivity index (χ0) is 21.3. The molecule has 2 aromatic carbocycles. The van der Waals surface area contributed by atoms with E-state index in [4.69, 9.17) is 23.2 Å². The summed E-state index contributed by atoms with van der Waals surface area (Å²) >= 11 is 13.4. The van der Waals surface area contributed by atoms with Gasteiger partial charge in [-0.25, -0.2) is 10.4 Å². The van der Waals surface area contributed by atoms with Crippen LogP contribution in [-0.4, -0.2) is 35.4 Å². The van der Waals surface area contributed by atoms with Gasteiger partial charge < -0.3 is 5.32 Å². The maximum Gasteiger partial charge on any atom is 0.241 e. The zero-order valence-electron chi connectivity index (χ0n) is 16.0. The van der Waals surface area contributed by atoms with Gasteiger partial charge in [-0.2, -0.15) is 0 Å². The first-order chi connectivity index (χ1) is 14.4. The Kier molecular flexibility index (Phi) is 6.31. The Morgan fingerprint density at radius 1 is 1.30 bits per heavy atom. The number of halogens is 2. The number of hydrogen-bond acceptors (Lipinski definition) is 6. The van der Waals surface area contributed by atoms with E-state index in [9.17, 15) is 9.59 Å². The third-order valence-corrected chi connectivity index (χ3v) is 6.47. The van der Waals surface area contributed by atoms with Crippen LogP contribution in [-0.2, 0) is 9.59 Å². The number of anilines is 2. The number of amides is 2. The van der Waals surface area contributed by atoms with Gasteiger partial charge in [-0.15, -0.1) is 0 Å². The van der Waals surface area contributed by atoms with Crippen LogP contribution in [0.3, 0.4) is 0 Å². The van der Waals surface area contributed by atoms with E-state index in [0.29, 0.717) is 33.1 Å². The predicted octanol–water partition coefficient (Wildman–Crippen LogP) is 3.43. The molecular formula is C20H19Cl2N5O2S. The summed E-state index contributed by atoms with van der Waals surface area (Å²) in [5.74, 6) is -0.550. The molecule has 0 bridgehead atoms. The number of aliphatic imine (C=N–C) groups is 1. The second-order valence-electron chi connectivity index (χ2n) is 6.89. The number of rotatable bonds is 4. The van der Waals surface area contributed by atoms with E-state index < -0.39 is 0 Å². The summed E-state index contributed by atoms with van der Waals surface area (Å²) in [5, 5.41) is 4.40. The highest BCUT2D eigenvalue weighted by Crippen LogP contribution is 2.31. The summed E-state index contributed by atoms with van der Waals surface area (Å²) in [6, 6.07) is 12.4. The molecule has 0 aliphatic carbocycles. The van der Waals surface area contributed by atoms with Gasteiger partial charge in [-0.1, -0.05) is 47.1 Å². The molecular weight excluding hydrogens is 445 g/mol. The van der Waals surface area contributed by atoms with Gasteiger partial charge in [0.25, 0.3) is 0 Å². The van der Waals surface area contributed by atoms with Crippen molar-refractivity contribution in [2.24, 2.45) is 10.9 Å². The second-order valence-corrected chi connectivity index (χ2v) is 8.68. The van der Waals surface area contributed by atoms with E-state index in [1.54, 1.807) is 42.5 Å². The molecule has 7 nitrogen and oxygen atoms in total. The Labute approximate surface area is 188 Å². The Balaban J connectivity index is 1.53. The SMILES string of the molecule is Cc1c(Cl)cccc1NC(=O)CSC1=NC2NNCC2C(=O)N1c1cccc(Cl)c1. The Morgan fingerprint density at radius 3 is 2.90 bits per heavy atom. The maximum atomic E-state index is 13.1. The van der Waals surface area contributed by atoms with Crippen molar-refractivity contribution in [3.05, 3.63) is 58.1 Å². The van der Waals surface area contributed by atoms with E-state index in [-0.39, 0.29) is 29.7 Å². The largest absolute Gasteiger partial charge is 0.325 e. The molecule has 1 saturated heterocycles. The lowest BCUT2D eigenvalue weighted by molar-refractivity contribution is -0.121. The van der Waals surface area contributed by atoms with E-state index in [1.807, 2.05) is 6.92 Å². The van der Waals surface area contributed by atoms with Crippen molar-refractivity contribution in [2.45, 2.75) is 13.1 Å². The topological polar surface area (TPSA) is 85.8 Å². The molecule has 1 fully saturated rings. The van der Waals surface area contributed by atoms with Gasteiger partial charge >= 0.3 is 0 Å². The fourth-order valence-corrected chi connectivity index (χ4v) is 4.49. The van der Waals surface area contributed by atoms with Crippen LogP contribution in [0.15, 0.2) is 47.5 Å². The van der Waals surface area contributed by atoms with Crippen molar-refractivity contribution in [2.75, 3.05) is 22.5 Å². The van der Waals surface area contributed by atoms with Crippen molar-refractivity contribution >= 4 is 63.3 Å². The smallest absolute Gasteiger partial charge is 0.241 e. The molecule has 156 valence electrons. The molecule has 2 heterocycles. The lowest BCUT2D eigenvalue weighted by Crippen LogP contribution is -2.49. The molecule has 2 aliphatic rings. The van der Waals surface area contributed by atoms with Crippen LogP contribution in [0.2, 0.25) is 10.0 Å². The van der Waals surface area contributed by atoms with Gasteiger partial charge in [0, 0.05) is 22.3 Å². The second kappa shape index (κ2) is 8.95. The molecule has 0 radical (unpaired) electrons. The summed E-state index contributed by atoms with van der Waals surface area (Å²) in [7, 11) is 0. The number of amidine groups is 1. The molecule has 30 heavy (non-hydrogen) atoms. The quantitative estimate of drug-likeness (QED) is 0.646. The van der Waals surface area contributed by atoms with Crippen LogP contribution in [0.1, 0.15) is 5.56 Å². The maximum absolute atomic E-state index is 13.1. The van der Waals surface area contributed by atoms with Gasteiger partial charge in [-0.05, 0) is 42.8 Å². The highest BCUT2D eigenvalue weighted by atomic mass is 35.5. The number of nitrogens with zero attached hydrogens (tertiary/aromatic N) is 2. The predicted molar refractivity (Wildman–Crippen MR) is 122 cm³/mol. The number of benzene rings is 2. The fraction of sp³-hybridized carbons (Fsp3) is 0.250. The van der Waals surface area contributed by atoms with Gasteiger partial charge in [0.2, 0.25) is 11.8 Å². The normalized spacial score (nSPS) is 20.7. The minimum Gasteiger partial charge on any atom is -0.325 e. The summed E-state index contributed by atoms with van der Waals surface area (Å²) < 4.78 is 0. The van der Waals surface area contributed by atoms with E-state index in [0.717, 1.165) is 5.56 Å². The van der Waals surface area contributed by atoms with E-state index >= 15 is 0 Å². The third kappa shape index (κ3) is 4.33. The number of thioether (sulfide) groups is 1. The summed E-state index contributed by atoms with van der Waals surface area (Å²) in [6.07, 6.45) is -0.367. The Morgan fingerprint density at radius 2 is 2.10 bits per heavy atom. The van der Waals surface area contributed by atoms with Crippen LogP contribution < -0.4 is 21.1 Å². The molecule has 3 N–H and O–H groups in total. The highest BCUT2D eigenvalue weighted by Gasteiger charge is 2.42. The molecule has 2 atom stereocenters. The molecule has 2 amide bonds. The number of hydrogen-bond donors (Lipinski definition) is 3. The minimum absolute atomic E-state index is 0.0833. The van der Waals surface area contributed by atoms with Gasteiger partial charge in [-0.3, -0.25) is 19.9 Å². The van der Waals surface area contributed by atoms with Crippen molar-refractivity contribution in [1.29, 1.82) is 0 Å². The minimum atomic E-state index is -0.367. The van der Waals surface area contributed by atoms with E-state index in [1.165, 1.54) is 16.7 Å². The fourth-order valence-electron chi connectivity index (χ4n) is 3.28. The zero-order valence-corrected chi connectivity index (χ0v) is 18.3. The molecule has 2 unspecified atom stereocenters. The standard InChI is InChI=1S/C20H19Cl2N5O2S/c1-11-15(22)6-3-7-16(11)24-17(28)10-30-20-25-18-14(9-23-26-18)19(29)27(20)13-5-2-4-12(21)8-13/h2-8,14,18,23,26H,9-10H2,1H3,(H,24,28). The number of carbonyl (C=O) groups excluding carboxylic acids is 2. The molecule has 10 heteroatoms. The summed E-state index contributed by atoms with van der Waals surface area (Å²) in [6.45, 7) is 2.32. The molecule has 2 aliphatic heterocycles. The van der Waals surface area contributed by atoms with Crippen molar-refractivity contribution in [3.8, 4) is 0 Å². The van der Waals surface area contributed by atoms with Crippen LogP contribution in [0, 0.1) is 12.8 Å². The first kappa shape index (κ1) is 21.1. The van der Waals surface area contributed by atoms with E-state index in [2.05, 4.69) is 21.2 Å². The number of hydrazine groups is 1. The summed E-state index contributed by atoms with van der Waals surface area (Å²) in [5.41, 5.74) is 8.05. The Bertz CT molecular complexity index is 1030. The average molecular weight is 464 g/mol. The van der Waals surface area contributed by atoms with Crippen molar-refractivity contribution in [3.63, 3.8) is 0 Å². The monoisotopic (exact) mass is 463 g/mol. The molecule has 0 spiro atoms. The Hall–Kier alpha value is -2.10. The molecule has 0 saturated carbocycles. The number of nitrogens with one attached hydrogen (secondary N) is 3. The first-order valence-corrected chi connectivity index (χ1v) is 11.0. The number of fused-ring (bicyclic) bond motifs is 1. The lowest BCUT2D eigenvalue weighted by atomic mass is 10.0. The van der Waals surface area contributed by atoms with Crippen molar-refractivity contribution < 1.29 is 9.59 Å². The molecule has 2 aromatic rings. The van der Waals surface area contributed by atoms with Gasteiger partial charge in [0.1, 0.15) is 6.17 Å². The lowest BCUT2D eigenvalue weighted by Gasteiger charge is -2.32. The van der Waals surface area contributed by atoms with Gasteiger partial charge in [0.05, 0.1) is 17.4 Å². The van der Waals surface area contributed by atoms with Crippen LogP contribution in [0.4, 0.5) is 11.4 Å². The number of carbonyl (C=O) groups is 2. The van der Waals surface area contributed by atoms with Crippen LogP contribution in [0.5, 0.6) is 0 Å². The third-order valence-electron chi connectivity index (χ3n) is 4.87. The first-order valence-electron chi connectivity index (χ1n) is 9.27.